The highest BCUT2D eigenvalue weighted by molar-refractivity contribution is 8.00. The lowest BCUT2D eigenvalue weighted by molar-refractivity contribution is -0.137. The van der Waals surface area contributed by atoms with E-state index in [1.54, 1.807) is 0 Å². The summed E-state index contributed by atoms with van der Waals surface area (Å²) in [6.07, 6.45) is 6.49. The second-order valence-electron chi connectivity index (χ2n) is 3.66. The number of rotatable bonds is 3. The Balaban J connectivity index is 1.93. The third kappa shape index (κ3) is 1.75. The lowest BCUT2D eigenvalue weighted by atomic mass is 10.1. The van der Waals surface area contributed by atoms with Gasteiger partial charge in [0.2, 0.25) is 5.91 Å². The van der Waals surface area contributed by atoms with Crippen molar-refractivity contribution in [2.45, 2.75) is 38.0 Å². The van der Waals surface area contributed by atoms with Crippen molar-refractivity contribution in [1.29, 1.82) is 0 Å². The lowest BCUT2D eigenvalue weighted by Crippen LogP contribution is -2.49. The molecular formula is C10H15NOS. The molecule has 2 nitrogen and oxygen atoms in total. The van der Waals surface area contributed by atoms with Crippen LogP contribution in [0.3, 0.4) is 0 Å². The number of hydrogen-bond donors (Lipinski definition) is 0. The van der Waals surface area contributed by atoms with Crippen molar-refractivity contribution in [3.05, 3.63) is 11.8 Å². The fraction of sp³-hybridized carbons (Fsp3) is 0.700. The number of amides is 1. The Labute approximate surface area is 83.4 Å². The van der Waals surface area contributed by atoms with Crippen molar-refractivity contribution >= 4 is 17.7 Å². The summed E-state index contributed by atoms with van der Waals surface area (Å²) in [5.41, 5.74) is 1.44. The molecule has 1 amide bonds. The smallest absolute Gasteiger partial charge is 0.230 e. The predicted octanol–water partition coefficient (Wildman–Crippen LogP) is 2.37. The molecule has 0 unspecified atom stereocenters. The van der Waals surface area contributed by atoms with Crippen molar-refractivity contribution < 1.29 is 4.79 Å². The maximum Gasteiger partial charge on any atom is 0.230 e. The van der Waals surface area contributed by atoms with Crippen LogP contribution >= 0.6 is 11.8 Å². The van der Waals surface area contributed by atoms with Crippen molar-refractivity contribution in [3.8, 4) is 0 Å². The summed E-state index contributed by atoms with van der Waals surface area (Å²) >= 11 is 1.91. The predicted molar refractivity (Wildman–Crippen MR) is 55.3 cm³/mol. The summed E-state index contributed by atoms with van der Waals surface area (Å²) in [5.74, 6) is 1.43. The maximum absolute atomic E-state index is 11.2. The Kier molecular flexibility index (Phi) is 2.63. The molecule has 0 radical (unpaired) electrons. The molecule has 2 heterocycles. The number of unbranched alkanes of at least 4 members (excludes halogenated alkanes) is 1. The van der Waals surface area contributed by atoms with Crippen LogP contribution in [0.5, 0.6) is 0 Å². The van der Waals surface area contributed by atoms with Gasteiger partial charge in [0.25, 0.3) is 0 Å². The first-order valence-electron chi connectivity index (χ1n) is 4.93. The van der Waals surface area contributed by atoms with Crippen LogP contribution < -0.4 is 0 Å². The Morgan fingerprint density at radius 3 is 3.23 bits per heavy atom. The van der Waals surface area contributed by atoms with Gasteiger partial charge >= 0.3 is 0 Å². The molecule has 72 valence electrons. The topological polar surface area (TPSA) is 20.3 Å². The normalized spacial score (nSPS) is 26.5. The SMILES string of the molecule is CCCCC1=CN2C(=O)C[C@@H]2SC1. The molecule has 0 aromatic rings. The number of hydrogen-bond acceptors (Lipinski definition) is 2. The first-order valence-corrected chi connectivity index (χ1v) is 5.98. The zero-order chi connectivity index (χ0) is 9.26. The van der Waals surface area contributed by atoms with E-state index in [4.69, 9.17) is 0 Å². The molecule has 0 saturated carbocycles. The van der Waals surface area contributed by atoms with Crippen molar-refractivity contribution in [2.24, 2.45) is 0 Å². The molecule has 0 spiro atoms. The number of nitrogens with zero attached hydrogens (tertiary/aromatic N) is 1. The second kappa shape index (κ2) is 3.74. The first-order chi connectivity index (χ1) is 6.31. The fourth-order valence-corrected chi connectivity index (χ4v) is 2.90. The van der Waals surface area contributed by atoms with E-state index < -0.39 is 0 Å². The molecule has 3 heteroatoms. The van der Waals surface area contributed by atoms with Crippen molar-refractivity contribution in [2.75, 3.05) is 5.75 Å². The summed E-state index contributed by atoms with van der Waals surface area (Å²) in [4.78, 5) is 13.1. The minimum absolute atomic E-state index is 0.297. The van der Waals surface area contributed by atoms with E-state index in [0.717, 1.165) is 12.2 Å². The number of carbonyl (C=O) groups is 1. The molecule has 2 aliphatic heterocycles. The molecule has 0 N–H and O–H groups in total. The molecule has 1 fully saturated rings. The minimum atomic E-state index is 0.297. The minimum Gasteiger partial charge on any atom is -0.306 e. The molecule has 2 aliphatic rings. The van der Waals surface area contributed by atoms with Gasteiger partial charge in [-0.1, -0.05) is 13.3 Å². The van der Waals surface area contributed by atoms with E-state index in [9.17, 15) is 4.79 Å². The van der Waals surface area contributed by atoms with Crippen LogP contribution in [0.4, 0.5) is 0 Å². The third-order valence-electron chi connectivity index (χ3n) is 2.58. The van der Waals surface area contributed by atoms with E-state index in [1.807, 2.05) is 16.7 Å². The third-order valence-corrected chi connectivity index (χ3v) is 3.90. The lowest BCUT2D eigenvalue weighted by Gasteiger charge is -2.41. The number of thioether (sulfide) groups is 1. The van der Waals surface area contributed by atoms with Crippen LogP contribution in [0.15, 0.2) is 11.8 Å². The second-order valence-corrected chi connectivity index (χ2v) is 4.83. The Hall–Kier alpha value is -0.440. The van der Waals surface area contributed by atoms with Gasteiger partial charge in [0.1, 0.15) is 0 Å². The molecule has 0 bridgehead atoms. The van der Waals surface area contributed by atoms with Crippen molar-refractivity contribution in [3.63, 3.8) is 0 Å². The number of β-lactam (4-membered cyclic amide) rings is 1. The summed E-state index contributed by atoms with van der Waals surface area (Å²) in [6, 6.07) is 0. The summed E-state index contributed by atoms with van der Waals surface area (Å²) in [6.45, 7) is 2.20. The van der Waals surface area contributed by atoms with Crippen LogP contribution in [0.2, 0.25) is 0 Å². The molecule has 1 atom stereocenters. The zero-order valence-electron chi connectivity index (χ0n) is 7.95. The highest BCUT2D eigenvalue weighted by Crippen LogP contribution is 2.36. The highest BCUT2D eigenvalue weighted by Gasteiger charge is 2.37. The Morgan fingerprint density at radius 2 is 2.54 bits per heavy atom. The van der Waals surface area contributed by atoms with Crippen LogP contribution in [-0.4, -0.2) is 21.9 Å². The summed E-state index contributed by atoms with van der Waals surface area (Å²) in [7, 11) is 0. The molecule has 0 aromatic carbocycles. The van der Waals surface area contributed by atoms with Gasteiger partial charge in [0.05, 0.1) is 11.8 Å². The highest BCUT2D eigenvalue weighted by atomic mass is 32.2. The van der Waals surface area contributed by atoms with Crippen molar-refractivity contribution in [1.82, 2.24) is 4.90 Å². The molecule has 2 rings (SSSR count). The largest absolute Gasteiger partial charge is 0.306 e. The quantitative estimate of drug-likeness (QED) is 0.647. The van der Waals surface area contributed by atoms with E-state index in [-0.39, 0.29) is 0 Å². The fourth-order valence-electron chi connectivity index (χ4n) is 1.67. The van der Waals surface area contributed by atoms with Gasteiger partial charge in [-0.3, -0.25) is 4.79 Å². The van der Waals surface area contributed by atoms with Gasteiger partial charge in [-0.2, -0.15) is 0 Å². The van der Waals surface area contributed by atoms with E-state index in [0.29, 0.717) is 11.3 Å². The number of fused-ring (bicyclic) bond motifs is 1. The molecular weight excluding hydrogens is 182 g/mol. The van der Waals surface area contributed by atoms with E-state index >= 15 is 0 Å². The first kappa shape index (κ1) is 9.13. The van der Waals surface area contributed by atoms with Crippen LogP contribution in [0.25, 0.3) is 0 Å². The molecule has 0 aliphatic carbocycles. The number of carbonyl (C=O) groups excluding carboxylic acids is 1. The Bertz CT molecular complexity index is 249. The maximum atomic E-state index is 11.2. The van der Waals surface area contributed by atoms with Crippen LogP contribution in [0, 0.1) is 0 Å². The Morgan fingerprint density at radius 1 is 1.69 bits per heavy atom. The van der Waals surface area contributed by atoms with Gasteiger partial charge in [0, 0.05) is 12.0 Å². The molecule has 1 saturated heterocycles. The van der Waals surface area contributed by atoms with Gasteiger partial charge in [-0.05, 0) is 18.4 Å². The van der Waals surface area contributed by atoms with Gasteiger partial charge < -0.3 is 4.90 Å². The van der Waals surface area contributed by atoms with E-state index in [2.05, 4.69) is 13.1 Å². The van der Waals surface area contributed by atoms with Gasteiger partial charge in [0.15, 0.2) is 0 Å². The summed E-state index contributed by atoms with van der Waals surface area (Å²) in [5, 5.41) is 0.470. The summed E-state index contributed by atoms with van der Waals surface area (Å²) < 4.78 is 0. The van der Waals surface area contributed by atoms with Gasteiger partial charge in [-0.25, -0.2) is 0 Å². The molecule has 0 aromatic heterocycles. The monoisotopic (exact) mass is 197 g/mol. The van der Waals surface area contributed by atoms with Crippen LogP contribution in [-0.2, 0) is 4.79 Å². The standard InChI is InChI=1S/C10H15NOS/c1-2-3-4-8-6-11-9(12)5-10(11)13-7-8/h6,10H,2-5,7H2,1H3/t10-/m0/s1. The van der Waals surface area contributed by atoms with Gasteiger partial charge in [-0.15, -0.1) is 11.8 Å². The molecule has 13 heavy (non-hydrogen) atoms. The van der Waals surface area contributed by atoms with E-state index in [1.165, 1.54) is 24.8 Å². The average Bonchev–Trinajstić information content (AvgIpc) is 2.14. The average molecular weight is 197 g/mol. The zero-order valence-corrected chi connectivity index (χ0v) is 8.77. The van der Waals surface area contributed by atoms with Crippen LogP contribution in [0.1, 0.15) is 32.6 Å².